The minimum Gasteiger partial charge on any atom is -0.325 e. The monoisotopic (exact) mass is 270 g/mol. The van der Waals surface area contributed by atoms with Crippen LogP contribution in [0.15, 0.2) is 28.7 Å². The summed E-state index contributed by atoms with van der Waals surface area (Å²) in [5.41, 5.74) is 0.821. The smallest absolute Gasteiger partial charge is 0.238 e. The van der Waals surface area contributed by atoms with Crippen molar-refractivity contribution in [1.29, 1.82) is 0 Å². The highest BCUT2D eigenvalue weighted by atomic mass is 79.9. The van der Waals surface area contributed by atoms with Crippen LogP contribution in [-0.4, -0.2) is 19.0 Å². The molecular weight excluding hydrogens is 256 g/mol. The number of benzene rings is 1. The van der Waals surface area contributed by atoms with Gasteiger partial charge in [-0.25, -0.2) is 0 Å². The maximum absolute atomic E-state index is 11.4. The molecule has 15 heavy (non-hydrogen) atoms. The van der Waals surface area contributed by atoms with Crippen LogP contribution in [0.4, 0.5) is 5.69 Å². The van der Waals surface area contributed by atoms with Crippen molar-refractivity contribution >= 4 is 27.5 Å². The Balaban J connectivity index is 2.34. The minimum atomic E-state index is -0.00854. The van der Waals surface area contributed by atoms with Gasteiger partial charge < -0.3 is 10.6 Å². The highest BCUT2D eigenvalue weighted by Crippen LogP contribution is 2.13. The summed E-state index contributed by atoms with van der Waals surface area (Å²) >= 11 is 3.34. The third kappa shape index (κ3) is 4.95. The largest absolute Gasteiger partial charge is 0.325 e. The van der Waals surface area contributed by atoms with Gasteiger partial charge in [0.1, 0.15) is 0 Å². The molecule has 0 spiro atoms. The number of carbonyl (C=O) groups is 1. The fourth-order valence-electron chi connectivity index (χ4n) is 1.12. The molecule has 0 aliphatic heterocycles. The first-order valence-electron chi connectivity index (χ1n) is 4.98. The fraction of sp³-hybridized carbons (Fsp3) is 0.364. The summed E-state index contributed by atoms with van der Waals surface area (Å²) < 4.78 is 1.00. The van der Waals surface area contributed by atoms with Gasteiger partial charge in [0.25, 0.3) is 0 Å². The molecule has 1 rings (SSSR count). The molecule has 0 saturated carbocycles. The number of hydrogen-bond donors (Lipinski definition) is 2. The Morgan fingerprint density at radius 1 is 1.33 bits per heavy atom. The fourth-order valence-corrected chi connectivity index (χ4v) is 1.38. The highest BCUT2D eigenvalue weighted by molar-refractivity contribution is 9.10. The Morgan fingerprint density at radius 2 is 2.00 bits per heavy atom. The molecule has 1 aromatic rings. The molecule has 3 nitrogen and oxygen atoms in total. The van der Waals surface area contributed by atoms with Crippen LogP contribution in [0.2, 0.25) is 0 Å². The molecular formula is C11H15BrN2O. The van der Waals surface area contributed by atoms with Gasteiger partial charge in [-0.3, -0.25) is 4.79 Å². The van der Waals surface area contributed by atoms with Crippen molar-refractivity contribution in [1.82, 2.24) is 5.32 Å². The number of rotatable bonds is 5. The van der Waals surface area contributed by atoms with Gasteiger partial charge in [-0.05, 0) is 37.2 Å². The Labute approximate surface area is 98.4 Å². The summed E-state index contributed by atoms with van der Waals surface area (Å²) in [6.07, 6.45) is 1.03. The molecule has 0 fully saturated rings. The van der Waals surface area contributed by atoms with Crippen LogP contribution >= 0.6 is 15.9 Å². The number of carbonyl (C=O) groups excluding carboxylic acids is 1. The predicted octanol–water partition coefficient (Wildman–Crippen LogP) is 2.39. The zero-order chi connectivity index (χ0) is 11.1. The van der Waals surface area contributed by atoms with Gasteiger partial charge in [0.05, 0.1) is 6.54 Å². The third-order valence-electron chi connectivity index (χ3n) is 1.84. The molecule has 4 heteroatoms. The molecule has 2 N–H and O–H groups in total. The van der Waals surface area contributed by atoms with E-state index in [4.69, 9.17) is 0 Å². The molecule has 0 heterocycles. The summed E-state index contributed by atoms with van der Waals surface area (Å²) in [4.78, 5) is 11.4. The van der Waals surface area contributed by atoms with E-state index in [1.807, 2.05) is 24.3 Å². The van der Waals surface area contributed by atoms with Crippen LogP contribution in [0.1, 0.15) is 13.3 Å². The van der Waals surface area contributed by atoms with Crippen molar-refractivity contribution < 1.29 is 4.79 Å². The molecule has 0 aliphatic carbocycles. The molecule has 1 aromatic carbocycles. The van der Waals surface area contributed by atoms with E-state index in [-0.39, 0.29) is 5.91 Å². The van der Waals surface area contributed by atoms with E-state index in [0.29, 0.717) is 6.54 Å². The summed E-state index contributed by atoms with van der Waals surface area (Å²) in [7, 11) is 0. The average Bonchev–Trinajstić information content (AvgIpc) is 2.22. The molecule has 0 aliphatic rings. The molecule has 0 atom stereocenters. The third-order valence-corrected chi connectivity index (χ3v) is 2.37. The standard InChI is InChI=1S/C11H15BrN2O/c1-2-7-13-8-11(15)14-10-5-3-9(12)4-6-10/h3-6,13H,2,7-8H2,1H3,(H,14,15). The second-order valence-electron chi connectivity index (χ2n) is 3.23. The van der Waals surface area contributed by atoms with Crippen molar-refractivity contribution in [2.24, 2.45) is 0 Å². The van der Waals surface area contributed by atoms with E-state index in [9.17, 15) is 4.79 Å². The number of halogens is 1. The zero-order valence-corrected chi connectivity index (χ0v) is 10.3. The SMILES string of the molecule is CCCNCC(=O)Nc1ccc(Br)cc1. The zero-order valence-electron chi connectivity index (χ0n) is 8.72. The normalized spacial score (nSPS) is 10.0. The summed E-state index contributed by atoms with van der Waals surface area (Å²) in [6, 6.07) is 7.52. The van der Waals surface area contributed by atoms with E-state index in [2.05, 4.69) is 33.5 Å². The van der Waals surface area contributed by atoms with Crippen molar-refractivity contribution in [2.75, 3.05) is 18.4 Å². The number of hydrogen-bond acceptors (Lipinski definition) is 2. The molecule has 82 valence electrons. The first-order chi connectivity index (χ1) is 7.22. The van der Waals surface area contributed by atoms with Gasteiger partial charge in [-0.15, -0.1) is 0 Å². The van der Waals surface area contributed by atoms with Gasteiger partial charge in [-0.2, -0.15) is 0 Å². The lowest BCUT2D eigenvalue weighted by Crippen LogP contribution is -2.28. The minimum absolute atomic E-state index is 0.00854. The Kier molecular flexibility index (Phi) is 5.36. The van der Waals surface area contributed by atoms with Crippen LogP contribution in [-0.2, 0) is 4.79 Å². The van der Waals surface area contributed by atoms with Gasteiger partial charge >= 0.3 is 0 Å². The Bertz CT molecular complexity index is 311. The lowest BCUT2D eigenvalue weighted by atomic mass is 10.3. The first kappa shape index (κ1) is 12.2. The van der Waals surface area contributed by atoms with Crippen LogP contribution in [0.3, 0.4) is 0 Å². The second kappa shape index (κ2) is 6.58. The molecule has 0 aromatic heterocycles. The van der Waals surface area contributed by atoms with E-state index in [0.717, 1.165) is 23.1 Å². The highest BCUT2D eigenvalue weighted by Gasteiger charge is 2.00. The number of amides is 1. The van der Waals surface area contributed by atoms with Gasteiger partial charge in [0.15, 0.2) is 0 Å². The maximum Gasteiger partial charge on any atom is 0.238 e. The van der Waals surface area contributed by atoms with Crippen LogP contribution < -0.4 is 10.6 Å². The van der Waals surface area contributed by atoms with Crippen LogP contribution in [0, 0.1) is 0 Å². The Morgan fingerprint density at radius 3 is 2.60 bits per heavy atom. The van der Waals surface area contributed by atoms with Crippen molar-refractivity contribution in [3.63, 3.8) is 0 Å². The van der Waals surface area contributed by atoms with Gasteiger partial charge in [0, 0.05) is 10.2 Å². The second-order valence-corrected chi connectivity index (χ2v) is 4.15. The molecule has 0 unspecified atom stereocenters. The molecule has 0 saturated heterocycles. The molecule has 0 bridgehead atoms. The maximum atomic E-state index is 11.4. The quantitative estimate of drug-likeness (QED) is 0.807. The van der Waals surface area contributed by atoms with Gasteiger partial charge in [0.2, 0.25) is 5.91 Å². The molecule has 1 amide bonds. The summed E-state index contributed by atoms with van der Waals surface area (Å²) in [5, 5.41) is 5.85. The van der Waals surface area contributed by atoms with Crippen molar-refractivity contribution in [3.05, 3.63) is 28.7 Å². The number of nitrogens with one attached hydrogen (secondary N) is 2. The summed E-state index contributed by atoms with van der Waals surface area (Å²) in [6.45, 7) is 3.30. The van der Waals surface area contributed by atoms with Crippen molar-refractivity contribution in [2.45, 2.75) is 13.3 Å². The lowest BCUT2D eigenvalue weighted by molar-refractivity contribution is -0.115. The van der Waals surface area contributed by atoms with E-state index >= 15 is 0 Å². The average molecular weight is 271 g/mol. The topological polar surface area (TPSA) is 41.1 Å². The van der Waals surface area contributed by atoms with Gasteiger partial charge in [-0.1, -0.05) is 22.9 Å². The van der Waals surface area contributed by atoms with E-state index in [1.54, 1.807) is 0 Å². The van der Waals surface area contributed by atoms with E-state index < -0.39 is 0 Å². The first-order valence-corrected chi connectivity index (χ1v) is 5.78. The Hall–Kier alpha value is -0.870. The van der Waals surface area contributed by atoms with Crippen LogP contribution in [0.5, 0.6) is 0 Å². The van der Waals surface area contributed by atoms with Crippen LogP contribution in [0.25, 0.3) is 0 Å². The van der Waals surface area contributed by atoms with E-state index in [1.165, 1.54) is 0 Å². The molecule has 0 radical (unpaired) electrons. The lowest BCUT2D eigenvalue weighted by Gasteiger charge is -2.05. The summed E-state index contributed by atoms with van der Waals surface area (Å²) in [5.74, 6) is -0.00854. The number of anilines is 1. The van der Waals surface area contributed by atoms with Crippen molar-refractivity contribution in [3.8, 4) is 0 Å². The predicted molar refractivity (Wildman–Crippen MR) is 65.9 cm³/mol.